The molecule has 0 aliphatic rings. The van der Waals surface area contributed by atoms with Gasteiger partial charge >= 0.3 is 0 Å². The molecule has 0 saturated carbocycles. The molecule has 0 atom stereocenters. The van der Waals surface area contributed by atoms with Gasteiger partial charge in [0, 0.05) is 11.0 Å². The number of rotatable bonds is 2. The van der Waals surface area contributed by atoms with Crippen molar-refractivity contribution in [2.45, 2.75) is 26.1 Å². The van der Waals surface area contributed by atoms with Crippen LogP contribution in [0, 0.1) is 20.8 Å². The molecule has 0 N–H and O–H groups in total. The lowest BCUT2D eigenvalue weighted by molar-refractivity contribution is 0.833. The summed E-state index contributed by atoms with van der Waals surface area (Å²) in [5, 5.41) is 6.05. The average Bonchev–Trinajstić information content (AvgIpc) is 2.57. The first-order valence-electron chi connectivity index (χ1n) is 5.42. The minimum absolute atomic E-state index is 0.729. The summed E-state index contributed by atoms with van der Waals surface area (Å²) in [5.74, 6) is 0. The normalized spacial score (nSPS) is 10.9. The summed E-state index contributed by atoms with van der Waals surface area (Å²) in [4.78, 5) is 0. The summed E-state index contributed by atoms with van der Waals surface area (Å²) in [7, 11) is 0. The van der Waals surface area contributed by atoms with Crippen molar-refractivity contribution in [3.8, 4) is 5.69 Å². The van der Waals surface area contributed by atoms with E-state index in [2.05, 4.69) is 40.9 Å². The second-order valence-electron chi connectivity index (χ2n) is 4.13. The van der Waals surface area contributed by atoms with Gasteiger partial charge in [-0.25, -0.2) is 4.68 Å². The Morgan fingerprint density at radius 1 is 1.29 bits per heavy atom. The summed E-state index contributed by atoms with van der Waals surface area (Å²) in [6, 6.07) is 6.04. The van der Waals surface area contributed by atoms with Crippen LogP contribution in [0.2, 0.25) is 5.02 Å². The molecule has 2 nitrogen and oxygen atoms in total. The van der Waals surface area contributed by atoms with Crippen LogP contribution in [0.15, 0.2) is 18.2 Å². The van der Waals surface area contributed by atoms with Gasteiger partial charge in [-0.2, -0.15) is 5.10 Å². The molecular weight excluding hydrogens is 300 g/mol. The maximum atomic E-state index is 6.29. The molecule has 1 aromatic carbocycles. The molecular formula is C13H14BrClN2. The van der Waals surface area contributed by atoms with Crippen LogP contribution >= 0.6 is 27.5 Å². The molecule has 17 heavy (non-hydrogen) atoms. The van der Waals surface area contributed by atoms with E-state index in [0.717, 1.165) is 33.0 Å². The summed E-state index contributed by atoms with van der Waals surface area (Å²) in [6.07, 6.45) is 0. The second-order valence-corrected chi connectivity index (χ2v) is 5.09. The third kappa shape index (κ3) is 2.26. The number of aryl methyl sites for hydroxylation is 1. The Bertz CT molecular complexity index is 561. The molecule has 2 aromatic rings. The van der Waals surface area contributed by atoms with E-state index < -0.39 is 0 Å². The molecule has 4 heteroatoms. The van der Waals surface area contributed by atoms with Crippen LogP contribution in [-0.4, -0.2) is 9.78 Å². The van der Waals surface area contributed by atoms with Crippen LogP contribution in [0.3, 0.4) is 0 Å². The molecule has 0 fully saturated rings. The first kappa shape index (κ1) is 12.7. The van der Waals surface area contributed by atoms with Crippen molar-refractivity contribution in [3.05, 3.63) is 45.7 Å². The third-order valence-corrected chi connectivity index (χ3v) is 4.00. The topological polar surface area (TPSA) is 17.8 Å². The summed E-state index contributed by atoms with van der Waals surface area (Å²) >= 11 is 9.72. The Balaban J connectivity index is 2.57. The highest BCUT2D eigenvalue weighted by atomic mass is 79.9. The first-order chi connectivity index (χ1) is 8.04. The lowest BCUT2D eigenvalue weighted by atomic mass is 10.2. The molecule has 0 saturated heterocycles. The van der Waals surface area contributed by atoms with Gasteiger partial charge in [0.25, 0.3) is 0 Å². The fourth-order valence-corrected chi connectivity index (χ4v) is 2.39. The van der Waals surface area contributed by atoms with Crippen molar-refractivity contribution >= 4 is 27.5 Å². The van der Waals surface area contributed by atoms with E-state index in [-0.39, 0.29) is 0 Å². The molecule has 0 amide bonds. The maximum absolute atomic E-state index is 6.29. The van der Waals surface area contributed by atoms with Crippen molar-refractivity contribution in [3.63, 3.8) is 0 Å². The predicted octanol–water partition coefficient (Wildman–Crippen LogP) is 4.35. The minimum Gasteiger partial charge on any atom is -0.236 e. The fourth-order valence-electron chi connectivity index (χ4n) is 1.76. The Hall–Kier alpha value is -0.800. The van der Waals surface area contributed by atoms with E-state index >= 15 is 0 Å². The molecule has 0 bridgehead atoms. The van der Waals surface area contributed by atoms with Crippen LogP contribution in [0.5, 0.6) is 0 Å². The van der Waals surface area contributed by atoms with Crippen LogP contribution in [0.4, 0.5) is 0 Å². The quantitative estimate of drug-likeness (QED) is 0.754. The van der Waals surface area contributed by atoms with Gasteiger partial charge in [0.15, 0.2) is 0 Å². The molecule has 0 unspecified atom stereocenters. The molecule has 90 valence electrons. The number of halogens is 2. The van der Waals surface area contributed by atoms with Gasteiger partial charge in [0.1, 0.15) is 0 Å². The molecule has 0 aliphatic heterocycles. The standard InChI is InChI=1S/C13H14BrClN2/c1-8-9(2)16-17(10(8)3)13-5-4-11(7-14)6-12(13)15/h4-6H,7H2,1-3H3. The highest BCUT2D eigenvalue weighted by molar-refractivity contribution is 9.08. The molecule has 1 aromatic heterocycles. The van der Waals surface area contributed by atoms with Crippen LogP contribution < -0.4 is 0 Å². The number of nitrogens with zero attached hydrogens (tertiary/aromatic N) is 2. The molecule has 0 aliphatic carbocycles. The molecule has 2 rings (SSSR count). The lowest BCUT2D eigenvalue weighted by Gasteiger charge is -2.08. The van der Waals surface area contributed by atoms with Crippen LogP contribution in [0.25, 0.3) is 5.69 Å². The van der Waals surface area contributed by atoms with E-state index in [1.807, 2.05) is 23.7 Å². The maximum Gasteiger partial charge on any atom is 0.0835 e. The van der Waals surface area contributed by atoms with Crippen molar-refractivity contribution in [2.75, 3.05) is 0 Å². The van der Waals surface area contributed by atoms with Crippen molar-refractivity contribution in [1.29, 1.82) is 0 Å². The largest absolute Gasteiger partial charge is 0.236 e. The zero-order valence-electron chi connectivity index (χ0n) is 10.1. The number of benzene rings is 1. The van der Waals surface area contributed by atoms with E-state index in [1.165, 1.54) is 5.56 Å². The number of alkyl halides is 1. The highest BCUT2D eigenvalue weighted by Gasteiger charge is 2.11. The van der Waals surface area contributed by atoms with Gasteiger partial charge in [0.2, 0.25) is 0 Å². The molecule has 1 heterocycles. The second kappa shape index (κ2) is 4.83. The Morgan fingerprint density at radius 3 is 2.47 bits per heavy atom. The summed E-state index contributed by atoms with van der Waals surface area (Å²) < 4.78 is 1.91. The fraction of sp³-hybridized carbons (Fsp3) is 0.308. The predicted molar refractivity (Wildman–Crippen MR) is 75.4 cm³/mol. The van der Waals surface area contributed by atoms with E-state index in [9.17, 15) is 0 Å². The highest BCUT2D eigenvalue weighted by Crippen LogP contribution is 2.25. The molecule has 0 radical (unpaired) electrons. The van der Waals surface area contributed by atoms with E-state index in [1.54, 1.807) is 0 Å². The Labute approximate surface area is 115 Å². The van der Waals surface area contributed by atoms with Crippen molar-refractivity contribution in [2.24, 2.45) is 0 Å². The van der Waals surface area contributed by atoms with Gasteiger partial charge < -0.3 is 0 Å². The SMILES string of the molecule is Cc1nn(-c2ccc(CBr)cc2Cl)c(C)c1C. The lowest BCUT2D eigenvalue weighted by Crippen LogP contribution is -2.00. The third-order valence-electron chi connectivity index (χ3n) is 3.05. The first-order valence-corrected chi connectivity index (χ1v) is 6.92. The smallest absolute Gasteiger partial charge is 0.0835 e. The van der Waals surface area contributed by atoms with Gasteiger partial charge in [-0.3, -0.25) is 0 Å². The average molecular weight is 314 g/mol. The van der Waals surface area contributed by atoms with Gasteiger partial charge in [-0.05, 0) is 44.0 Å². The zero-order valence-corrected chi connectivity index (χ0v) is 12.4. The van der Waals surface area contributed by atoms with Crippen LogP contribution in [0.1, 0.15) is 22.5 Å². The van der Waals surface area contributed by atoms with Gasteiger partial charge in [-0.1, -0.05) is 33.6 Å². The zero-order chi connectivity index (χ0) is 12.6. The van der Waals surface area contributed by atoms with E-state index in [0.29, 0.717) is 0 Å². The van der Waals surface area contributed by atoms with Crippen molar-refractivity contribution in [1.82, 2.24) is 9.78 Å². The molecule has 0 spiro atoms. The number of hydrogen-bond donors (Lipinski definition) is 0. The number of aromatic nitrogens is 2. The summed E-state index contributed by atoms with van der Waals surface area (Å²) in [6.45, 7) is 6.15. The van der Waals surface area contributed by atoms with Gasteiger partial charge in [0.05, 0.1) is 16.4 Å². The number of hydrogen-bond acceptors (Lipinski definition) is 1. The minimum atomic E-state index is 0.729. The van der Waals surface area contributed by atoms with Gasteiger partial charge in [-0.15, -0.1) is 0 Å². The van der Waals surface area contributed by atoms with Crippen molar-refractivity contribution < 1.29 is 0 Å². The van der Waals surface area contributed by atoms with Crippen LogP contribution in [-0.2, 0) is 5.33 Å². The Kier molecular flexibility index (Phi) is 3.59. The Morgan fingerprint density at radius 2 is 2.00 bits per heavy atom. The van der Waals surface area contributed by atoms with E-state index in [4.69, 9.17) is 11.6 Å². The monoisotopic (exact) mass is 312 g/mol. The summed E-state index contributed by atoms with van der Waals surface area (Å²) in [5.41, 5.74) is 5.49.